The van der Waals surface area contributed by atoms with E-state index in [1.165, 1.54) is 12.0 Å². The summed E-state index contributed by atoms with van der Waals surface area (Å²) in [5, 5.41) is -0.285. The van der Waals surface area contributed by atoms with E-state index in [-0.39, 0.29) is 17.8 Å². The van der Waals surface area contributed by atoms with Crippen LogP contribution in [0.5, 0.6) is 5.75 Å². The first-order valence-electron chi connectivity index (χ1n) is 6.60. The summed E-state index contributed by atoms with van der Waals surface area (Å²) in [5.41, 5.74) is 0.619. The van der Waals surface area contributed by atoms with Gasteiger partial charge in [0.2, 0.25) is 0 Å². The Bertz CT molecular complexity index is 641. The van der Waals surface area contributed by atoms with Crippen LogP contribution in [0, 0.1) is 0 Å². The van der Waals surface area contributed by atoms with Crippen molar-refractivity contribution in [3.05, 3.63) is 34.7 Å². The van der Waals surface area contributed by atoms with Crippen LogP contribution in [-0.2, 0) is 14.3 Å². The SMILES string of the molecule is CCN1C(=O)SC(=Cc2ccccc2OCC(=O)OC)C1=O. The van der Waals surface area contributed by atoms with Gasteiger partial charge in [-0.05, 0) is 30.8 Å². The first-order chi connectivity index (χ1) is 10.6. The van der Waals surface area contributed by atoms with E-state index in [1.807, 2.05) is 0 Å². The van der Waals surface area contributed by atoms with Gasteiger partial charge in [-0.1, -0.05) is 18.2 Å². The number of methoxy groups -OCH3 is 1. The molecule has 116 valence electrons. The highest BCUT2D eigenvalue weighted by atomic mass is 32.2. The molecule has 0 radical (unpaired) electrons. The fraction of sp³-hybridized carbons (Fsp3) is 0.267. The van der Waals surface area contributed by atoms with Crippen molar-refractivity contribution >= 4 is 35.0 Å². The molecule has 6 nitrogen and oxygen atoms in total. The van der Waals surface area contributed by atoms with Gasteiger partial charge in [0.25, 0.3) is 11.1 Å². The number of carbonyl (C=O) groups is 3. The maximum Gasteiger partial charge on any atom is 0.343 e. The van der Waals surface area contributed by atoms with Gasteiger partial charge < -0.3 is 9.47 Å². The number of ether oxygens (including phenoxy) is 2. The number of hydrogen-bond donors (Lipinski definition) is 0. The topological polar surface area (TPSA) is 72.9 Å². The molecule has 0 aliphatic carbocycles. The molecule has 0 N–H and O–H groups in total. The van der Waals surface area contributed by atoms with Gasteiger partial charge in [0.05, 0.1) is 12.0 Å². The molecule has 1 aliphatic heterocycles. The highest BCUT2D eigenvalue weighted by Crippen LogP contribution is 2.33. The number of nitrogens with zero attached hydrogens (tertiary/aromatic N) is 1. The normalized spacial score (nSPS) is 16.3. The molecule has 1 aromatic carbocycles. The number of hydrogen-bond acceptors (Lipinski definition) is 6. The van der Waals surface area contributed by atoms with Crippen LogP contribution in [0.15, 0.2) is 29.2 Å². The third kappa shape index (κ3) is 3.48. The van der Waals surface area contributed by atoms with Gasteiger partial charge >= 0.3 is 5.97 Å². The van der Waals surface area contributed by atoms with Crippen molar-refractivity contribution in [1.82, 2.24) is 4.90 Å². The molecule has 0 unspecified atom stereocenters. The number of amides is 2. The molecule has 0 saturated carbocycles. The van der Waals surface area contributed by atoms with Crippen LogP contribution < -0.4 is 4.74 Å². The van der Waals surface area contributed by atoms with Gasteiger partial charge in [-0.3, -0.25) is 14.5 Å². The first kappa shape index (κ1) is 16.1. The summed E-state index contributed by atoms with van der Waals surface area (Å²) in [6.07, 6.45) is 1.59. The lowest BCUT2D eigenvalue weighted by atomic mass is 10.2. The lowest BCUT2D eigenvalue weighted by Gasteiger charge is -2.09. The van der Waals surface area contributed by atoms with Crippen LogP contribution >= 0.6 is 11.8 Å². The Balaban J connectivity index is 2.23. The quantitative estimate of drug-likeness (QED) is 0.612. The predicted octanol–water partition coefficient (Wildman–Crippen LogP) is 2.29. The Morgan fingerprint density at radius 2 is 2.05 bits per heavy atom. The molecule has 0 aromatic heterocycles. The Hall–Kier alpha value is -2.28. The summed E-state index contributed by atoms with van der Waals surface area (Å²) in [5.74, 6) is -0.377. The lowest BCUT2D eigenvalue weighted by Crippen LogP contribution is -2.27. The average Bonchev–Trinajstić information content (AvgIpc) is 2.79. The van der Waals surface area contributed by atoms with E-state index in [9.17, 15) is 14.4 Å². The Labute approximate surface area is 132 Å². The standard InChI is InChI=1S/C15H15NO5S/c1-3-16-14(18)12(22-15(16)19)8-10-6-4-5-7-11(10)21-9-13(17)20-2/h4-8H,3,9H2,1-2H3. The van der Waals surface area contributed by atoms with Crippen molar-refractivity contribution in [2.75, 3.05) is 20.3 Å². The van der Waals surface area contributed by atoms with E-state index in [0.29, 0.717) is 22.8 Å². The number of thioether (sulfide) groups is 1. The zero-order valence-electron chi connectivity index (χ0n) is 12.2. The predicted molar refractivity (Wildman–Crippen MR) is 82.3 cm³/mol. The molecule has 1 aliphatic rings. The van der Waals surface area contributed by atoms with Crippen LogP contribution in [0.3, 0.4) is 0 Å². The minimum atomic E-state index is -0.499. The summed E-state index contributed by atoms with van der Waals surface area (Å²) in [6, 6.07) is 6.95. The summed E-state index contributed by atoms with van der Waals surface area (Å²) in [4.78, 5) is 36.4. The smallest absolute Gasteiger partial charge is 0.343 e. The summed E-state index contributed by atoms with van der Waals surface area (Å²) < 4.78 is 9.89. The van der Waals surface area contributed by atoms with Crippen molar-refractivity contribution in [1.29, 1.82) is 0 Å². The van der Waals surface area contributed by atoms with Gasteiger partial charge in [0.1, 0.15) is 5.75 Å². The molecule has 22 heavy (non-hydrogen) atoms. The maximum absolute atomic E-state index is 12.1. The molecule has 0 atom stereocenters. The van der Waals surface area contributed by atoms with Crippen molar-refractivity contribution in [2.24, 2.45) is 0 Å². The highest BCUT2D eigenvalue weighted by molar-refractivity contribution is 8.18. The Morgan fingerprint density at radius 1 is 1.32 bits per heavy atom. The number of esters is 1. The minimum absolute atomic E-state index is 0.224. The van der Waals surface area contributed by atoms with Gasteiger partial charge in [-0.2, -0.15) is 0 Å². The Kier molecular flexibility index (Phi) is 5.21. The van der Waals surface area contributed by atoms with Gasteiger partial charge in [0.15, 0.2) is 6.61 Å². The zero-order valence-corrected chi connectivity index (χ0v) is 13.0. The van der Waals surface area contributed by atoms with Crippen molar-refractivity contribution in [3.63, 3.8) is 0 Å². The van der Waals surface area contributed by atoms with E-state index < -0.39 is 5.97 Å². The third-order valence-corrected chi connectivity index (χ3v) is 3.88. The van der Waals surface area contributed by atoms with E-state index >= 15 is 0 Å². The number of likely N-dealkylation sites (N-methyl/N-ethyl adjacent to an activating group) is 1. The average molecular weight is 321 g/mol. The van der Waals surface area contributed by atoms with Crippen LogP contribution in [0.2, 0.25) is 0 Å². The summed E-state index contributed by atoms with van der Waals surface area (Å²) in [6.45, 7) is 1.85. The monoisotopic (exact) mass is 321 g/mol. The van der Waals surface area contributed by atoms with E-state index in [4.69, 9.17) is 4.74 Å². The van der Waals surface area contributed by atoms with Crippen LogP contribution in [-0.4, -0.2) is 42.3 Å². The maximum atomic E-state index is 12.1. The number of para-hydroxylation sites is 1. The van der Waals surface area contributed by atoms with Crippen LogP contribution in [0.1, 0.15) is 12.5 Å². The van der Waals surface area contributed by atoms with Crippen LogP contribution in [0.25, 0.3) is 6.08 Å². The van der Waals surface area contributed by atoms with Crippen molar-refractivity contribution in [2.45, 2.75) is 6.92 Å². The van der Waals surface area contributed by atoms with Crippen LogP contribution in [0.4, 0.5) is 4.79 Å². The second-order valence-corrected chi connectivity index (χ2v) is 5.32. The van der Waals surface area contributed by atoms with Crippen molar-refractivity contribution in [3.8, 4) is 5.75 Å². The summed E-state index contributed by atoms with van der Waals surface area (Å²) in [7, 11) is 1.28. The molecule has 0 spiro atoms. The minimum Gasteiger partial charge on any atom is -0.481 e. The molecule has 0 bridgehead atoms. The lowest BCUT2D eigenvalue weighted by molar-refractivity contribution is -0.142. The van der Waals surface area contributed by atoms with Gasteiger partial charge in [-0.25, -0.2) is 4.79 Å². The molecular formula is C15H15NO5S. The number of imide groups is 1. The molecule has 7 heteroatoms. The van der Waals surface area contributed by atoms with E-state index in [1.54, 1.807) is 37.3 Å². The fourth-order valence-corrected chi connectivity index (χ4v) is 2.73. The highest BCUT2D eigenvalue weighted by Gasteiger charge is 2.33. The molecule has 2 amide bonds. The summed E-state index contributed by atoms with van der Waals surface area (Å²) >= 11 is 0.890. The molecule has 1 saturated heterocycles. The Morgan fingerprint density at radius 3 is 2.68 bits per heavy atom. The molecule has 1 heterocycles. The number of benzene rings is 1. The number of carbonyl (C=O) groups excluding carboxylic acids is 3. The zero-order chi connectivity index (χ0) is 16.1. The largest absolute Gasteiger partial charge is 0.481 e. The first-order valence-corrected chi connectivity index (χ1v) is 7.42. The number of rotatable bonds is 5. The second kappa shape index (κ2) is 7.13. The molecular weight excluding hydrogens is 306 g/mol. The molecule has 2 rings (SSSR count). The van der Waals surface area contributed by atoms with Gasteiger partial charge in [0, 0.05) is 12.1 Å². The fourth-order valence-electron chi connectivity index (χ4n) is 1.84. The third-order valence-electron chi connectivity index (χ3n) is 2.97. The molecule has 1 aromatic rings. The second-order valence-electron chi connectivity index (χ2n) is 4.33. The molecule has 1 fully saturated rings. The van der Waals surface area contributed by atoms with Gasteiger partial charge in [-0.15, -0.1) is 0 Å². The van der Waals surface area contributed by atoms with Crippen molar-refractivity contribution < 1.29 is 23.9 Å². The van der Waals surface area contributed by atoms with E-state index in [2.05, 4.69) is 4.74 Å². The van der Waals surface area contributed by atoms with E-state index in [0.717, 1.165) is 11.8 Å².